The summed E-state index contributed by atoms with van der Waals surface area (Å²) < 4.78 is 19.0. The maximum atomic E-state index is 13.8. The second-order valence-corrected chi connectivity index (χ2v) is 10.9. The second kappa shape index (κ2) is 9.03. The zero-order chi connectivity index (χ0) is 29.9. The van der Waals surface area contributed by atoms with Gasteiger partial charge in [-0.15, -0.1) is 0 Å². The Morgan fingerprint density at radius 3 is 2.26 bits per heavy atom. The average molecular weight is 592 g/mol. The smallest absolute Gasteiger partial charge is 0.264 e. The van der Waals surface area contributed by atoms with Gasteiger partial charge in [0.05, 0.1) is 39.8 Å². The second-order valence-electron chi connectivity index (χ2n) is 10.9. The molecule has 3 aromatic carbocycles. The third-order valence-electron chi connectivity index (χ3n) is 8.62. The predicted molar refractivity (Wildman–Crippen MR) is 148 cm³/mol. The number of nitrogens with one attached hydrogen (secondary N) is 1. The van der Waals surface area contributed by atoms with Crippen molar-refractivity contribution in [3.63, 3.8) is 0 Å². The summed E-state index contributed by atoms with van der Waals surface area (Å²) in [5, 5.41) is 64.2. The summed E-state index contributed by atoms with van der Waals surface area (Å²) in [7, 11) is 0. The molecule has 2 aromatic heterocycles. The van der Waals surface area contributed by atoms with Gasteiger partial charge in [0, 0.05) is 27.6 Å². The quantitative estimate of drug-likeness (QED) is 0.143. The van der Waals surface area contributed by atoms with E-state index in [2.05, 4.69) is 4.98 Å². The molecule has 5 aromatic rings. The van der Waals surface area contributed by atoms with E-state index in [9.17, 15) is 40.2 Å². The Bertz CT molecular complexity index is 2030. The van der Waals surface area contributed by atoms with Crippen molar-refractivity contribution in [2.24, 2.45) is 0 Å². The van der Waals surface area contributed by atoms with Gasteiger partial charge in [-0.2, -0.15) is 0 Å². The van der Waals surface area contributed by atoms with Crippen LogP contribution in [0.1, 0.15) is 26.9 Å². The summed E-state index contributed by atoms with van der Waals surface area (Å²) in [6.07, 6.45) is -7.65. The number of phenols is 1. The molecule has 2 amide bonds. The van der Waals surface area contributed by atoms with Gasteiger partial charge in [0.15, 0.2) is 17.7 Å². The van der Waals surface area contributed by atoms with Crippen molar-refractivity contribution in [2.75, 3.05) is 26.6 Å². The van der Waals surface area contributed by atoms with E-state index in [1.165, 1.54) is 22.8 Å². The van der Waals surface area contributed by atoms with Crippen molar-refractivity contribution in [3.05, 3.63) is 41.5 Å². The lowest BCUT2D eigenvalue weighted by molar-refractivity contribution is -0.249. The monoisotopic (exact) mass is 591 g/mol. The number of H-pyrrole nitrogens is 1. The Morgan fingerprint density at radius 1 is 0.860 bits per heavy atom. The first-order valence-corrected chi connectivity index (χ1v) is 13.6. The van der Waals surface area contributed by atoms with Gasteiger partial charge < -0.3 is 54.4 Å². The third-order valence-corrected chi connectivity index (χ3v) is 8.62. The lowest BCUT2D eigenvalue weighted by atomic mass is 9.96. The van der Waals surface area contributed by atoms with Gasteiger partial charge in [-0.1, -0.05) is 0 Å². The number of hydrogen-bond acceptors (Lipinski definition) is 11. The molecule has 14 heteroatoms. The van der Waals surface area contributed by atoms with Gasteiger partial charge in [0.25, 0.3) is 11.8 Å². The van der Waals surface area contributed by atoms with Crippen LogP contribution in [-0.2, 0) is 4.74 Å². The third kappa shape index (κ3) is 3.32. The Kier molecular flexibility index (Phi) is 5.50. The number of ether oxygens (including phenoxy) is 3. The Labute approximate surface area is 240 Å². The number of hydrogen-bond donors (Lipinski definition) is 7. The van der Waals surface area contributed by atoms with Crippen LogP contribution >= 0.6 is 0 Å². The first-order valence-electron chi connectivity index (χ1n) is 13.6. The van der Waals surface area contributed by atoms with Crippen LogP contribution in [0, 0.1) is 0 Å². The first-order chi connectivity index (χ1) is 20.7. The van der Waals surface area contributed by atoms with E-state index < -0.39 is 55.8 Å². The van der Waals surface area contributed by atoms with E-state index in [1.54, 1.807) is 12.1 Å². The zero-order valence-electron chi connectivity index (χ0n) is 22.2. The topological polar surface area (TPSA) is 207 Å². The van der Waals surface area contributed by atoms with Crippen molar-refractivity contribution in [2.45, 2.75) is 30.6 Å². The number of aromatic nitrogens is 2. The number of nitrogens with zero attached hydrogens (tertiary/aromatic N) is 2. The normalized spacial score (nSPS) is 25.5. The highest BCUT2D eigenvalue weighted by Gasteiger charge is 2.47. The summed E-state index contributed by atoms with van der Waals surface area (Å²) in [5.74, 6) is -0.735. The van der Waals surface area contributed by atoms with Crippen LogP contribution < -0.4 is 9.47 Å². The number of fused-ring (bicyclic) bond motifs is 11. The zero-order valence-corrected chi connectivity index (χ0v) is 22.2. The minimum absolute atomic E-state index is 0.0284. The number of aromatic hydroxyl groups is 1. The molecule has 0 aliphatic carbocycles. The fourth-order valence-corrected chi connectivity index (χ4v) is 6.70. The van der Waals surface area contributed by atoms with Crippen LogP contribution in [0.2, 0.25) is 0 Å². The highest BCUT2D eigenvalue weighted by atomic mass is 16.6. The van der Waals surface area contributed by atoms with Crippen molar-refractivity contribution < 1.29 is 54.4 Å². The van der Waals surface area contributed by atoms with E-state index in [4.69, 9.17) is 14.2 Å². The molecule has 3 aliphatic rings. The number of aliphatic hydroxyl groups is 5. The number of phenolic OH excluding ortho intramolecular Hbond substituents is 1. The van der Waals surface area contributed by atoms with Gasteiger partial charge in [-0.3, -0.25) is 14.5 Å². The molecular formula is C29H25N3O11. The molecule has 0 spiro atoms. The van der Waals surface area contributed by atoms with E-state index in [-0.39, 0.29) is 27.8 Å². The molecule has 3 aliphatic heterocycles. The van der Waals surface area contributed by atoms with Gasteiger partial charge in [0.2, 0.25) is 0 Å². The van der Waals surface area contributed by atoms with Crippen molar-refractivity contribution in [1.82, 2.24) is 14.5 Å². The summed E-state index contributed by atoms with van der Waals surface area (Å²) in [4.78, 5) is 31.5. The fourth-order valence-electron chi connectivity index (χ4n) is 6.70. The maximum absolute atomic E-state index is 13.8. The standard InChI is InChI=1S/C29H25N3O11/c33-8-17-24(36)25(37)26(38)29(43-17)32-14-2-1-10(35)5-12(14)19-21-20(27(39)31(9-34)28(21)40)18-11-6-15-16(42-4-3-41-15)7-13(11)30-22(18)23(19)32/h1-2,5-7,17,24-26,29-30,33-38H,3-4,8-9H2. The number of aromatic amines is 1. The van der Waals surface area contributed by atoms with E-state index in [1.807, 2.05) is 0 Å². The maximum Gasteiger partial charge on any atom is 0.264 e. The summed E-state index contributed by atoms with van der Waals surface area (Å²) >= 11 is 0. The lowest BCUT2D eigenvalue weighted by Gasteiger charge is -2.41. The highest BCUT2D eigenvalue weighted by molar-refractivity contribution is 6.39. The molecule has 222 valence electrons. The van der Waals surface area contributed by atoms with Gasteiger partial charge in [-0.25, -0.2) is 0 Å². The van der Waals surface area contributed by atoms with Crippen molar-refractivity contribution in [1.29, 1.82) is 0 Å². The van der Waals surface area contributed by atoms with E-state index >= 15 is 0 Å². The molecule has 0 saturated carbocycles. The van der Waals surface area contributed by atoms with Crippen LogP contribution in [0.5, 0.6) is 17.2 Å². The number of benzene rings is 3. The Morgan fingerprint density at radius 2 is 1.56 bits per heavy atom. The molecule has 1 saturated heterocycles. The van der Waals surface area contributed by atoms with Crippen molar-refractivity contribution in [3.8, 4) is 17.2 Å². The molecule has 5 atom stereocenters. The summed E-state index contributed by atoms with van der Waals surface area (Å²) in [6, 6.07) is 7.71. The number of aliphatic hydroxyl groups excluding tert-OH is 5. The highest BCUT2D eigenvalue weighted by Crippen LogP contribution is 2.49. The molecule has 0 radical (unpaired) electrons. The molecule has 8 rings (SSSR count). The van der Waals surface area contributed by atoms with Crippen LogP contribution in [0.3, 0.4) is 0 Å². The van der Waals surface area contributed by atoms with Crippen LogP contribution in [0.4, 0.5) is 0 Å². The largest absolute Gasteiger partial charge is 0.508 e. The molecular weight excluding hydrogens is 566 g/mol. The molecule has 0 bridgehead atoms. The molecule has 43 heavy (non-hydrogen) atoms. The minimum atomic E-state index is -1.71. The fraction of sp³-hybridized carbons (Fsp3) is 0.310. The molecule has 1 fully saturated rings. The van der Waals surface area contributed by atoms with Gasteiger partial charge in [0.1, 0.15) is 50.1 Å². The predicted octanol–water partition coefficient (Wildman–Crippen LogP) is 0.424. The number of rotatable bonds is 3. The number of carbonyl (C=O) groups is 2. The summed E-state index contributed by atoms with van der Waals surface area (Å²) in [6.45, 7) is -0.888. The van der Waals surface area contributed by atoms with Crippen LogP contribution in [0.15, 0.2) is 30.3 Å². The molecule has 14 nitrogen and oxygen atoms in total. The molecule has 7 N–H and O–H groups in total. The number of amides is 2. The molecule has 5 heterocycles. The Hall–Kier alpha value is -4.44. The van der Waals surface area contributed by atoms with Crippen LogP contribution in [0.25, 0.3) is 43.6 Å². The van der Waals surface area contributed by atoms with Crippen molar-refractivity contribution >= 4 is 55.4 Å². The first kappa shape index (κ1) is 26.2. The van der Waals surface area contributed by atoms with Crippen LogP contribution in [-0.4, -0.2) is 108 Å². The number of imide groups is 1. The minimum Gasteiger partial charge on any atom is -0.508 e. The summed E-state index contributed by atoms with van der Waals surface area (Å²) in [5.41, 5.74) is 1.50. The van der Waals surface area contributed by atoms with E-state index in [0.717, 1.165) is 0 Å². The van der Waals surface area contributed by atoms with E-state index in [0.29, 0.717) is 62.3 Å². The van der Waals surface area contributed by atoms with Gasteiger partial charge in [-0.05, 0) is 24.3 Å². The molecule has 5 unspecified atom stereocenters. The lowest BCUT2D eigenvalue weighted by Crippen LogP contribution is -2.56. The number of carbonyl (C=O) groups excluding carboxylic acids is 2. The van der Waals surface area contributed by atoms with Gasteiger partial charge >= 0.3 is 0 Å². The average Bonchev–Trinajstić information content (AvgIpc) is 3.61. The SMILES string of the molecule is O=C1c2c(c3c4cc(O)ccc4n(C4OC(CO)C(O)C(O)C4O)c3c3[nH]c4cc5c(cc4c23)OCCO5)C(=O)N1CO. The Balaban J connectivity index is 1.58.